The van der Waals surface area contributed by atoms with E-state index in [1.807, 2.05) is 12.1 Å². The van der Waals surface area contributed by atoms with E-state index in [0.717, 1.165) is 23.5 Å². The van der Waals surface area contributed by atoms with Crippen molar-refractivity contribution in [2.24, 2.45) is 11.7 Å². The summed E-state index contributed by atoms with van der Waals surface area (Å²) in [5.41, 5.74) is 8.31. The van der Waals surface area contributed by atoms with Crippen LogP contribution in [-0.2, 0) is 6.42 Å². The maximum Gasteiger partial charge on any atom is 0.0705 e. The molecular weight excluding hydrogens is 196 g/mol. The van der Waals surface area contributed by atoms with Gasteiger partial charge < -0.3 is 5.73 Å². The monoisotopic (exact) mass is 212 g/mol. The number of hydrogen-bond donors (Lipinski definition) is 1. The van der Waals surface area contributed by atoms with Crippen molar-refractivity contribution in [2.75, 3.05) is 0 Å². The Morgan fingerprint density at radius 1 is 1.19 bits per heavy atom. The number of hydrogen-bond acceptors (Lipinski definition) is 2. The Labute approximate surface area is 95.5 Å². The number of aromatic nitrogens is 1. The molecule has 16 heavy (non-hydrogen) atoms. The minimum atomic E-state index is 0.300. The van der Waals surface area contributed by atoms with Gasteiger partial charge in [-0.3, -0.25) is 4.98 Å². The normalized spacial score (nSPS) is 17.6. The van der Waals surface area contributed by atoms with Gasteiger partial charge in [-0.2, -0.15) is 0 Å². The molecule has 1 aromatic heterocycles. The van der Waals surface area contributed by atoms with Crippen molar-refractivity contribution < 1.29 is 0 Å². The van der Waals surface area contributed by atoms with Gasteiger partial charge in [0.25, 0.3) is 0 Å². The second-order valence-electron chi connectivity index (χ2n) is 4.70. The fraction of sp³-hybridized carbons (Fsp3) is 0.357. The molecule has 1 atom stereocenters. The minimum Gasteiger partial charge on any atom is -0.327 e. The molecule has 1 saturated carbocycles. The van der Waals surface area contributed by atoms with E-state index in [1.165, 1.54) is 18.2 Å². The van der Waals surface area contributed by atoms with E-state index in [2.05, 4.69) is 29.2 Å². The van der Waals surface area contributed by atoms with Crippen molar-refractivity contribution in [3.63, 3.8) is 0 Å². The molecule has 0 radical (unpaired) electrons. The van der Waals surface area contributed by atoms with Crippen molar-refractivity contribution in [2.45, 2.75) is 25.3 Å². The van der Waals surface area contributed by atoms with Crippen molar-refractivity contribution in [1.29, 1.82) is 0 Å². The molecule has 0 saturated heterocycles. The second-order valence-corrected chi connectivity index (χ2v) is 4.70. The maximum absolute atomic E-state index is 6.12. The zero-order valence-electron chi connectivity index (χ0n) is 9.26. The fourth-order valence-corrected chi connectivity index (χ4v) is 2.15. The third-order valence-electron chi connectivity index (χ3n) is 3.33. The van der Waals surface area contributed by atoms with Crippen molar-refractivity contribution in [3.05, 3.63) is 42.1 Å². The highest BCUT2D eigenvalue weighted by molar-refractivity contribution is 5.78. The molecule has 2 heteroatoms. The summed E-state index contributed by atoms with van der Waals surface area (Å²) in [7, 11) is 0. The zero-order valence-corrected chi connectivity index (χ0v) is 9.26. The lowest BCUT2D eigenvalue weighted by atomic mass is 10.1. The maximum atomic E-state index is 6.12. The third kappa shape index (κ3) is 1.93. The zero-order chi connectivity index (χ0) is 11.0. The van der Waals surface area contributed by atoms with Gasteiger partial charge in [-0.05, 0) is 30.9 Å². The smallest absolute Gasteiger partial charge is 0.0705 e. The van der Waals surface area contributed by atoms with E-state index in [1.54, 1.807) is 0 Å². The van der Waals surface area contributed by atoms with E-state index in [9.17, 15) is 0 Å². The predicted molar refractivity (Wildman–Crippen MR) is 66.1 cm³/mol. The second kappa shape index (κ2) is 3.87. The SMILES string of the molecule is NC(Cc1ccc2ccccc2n1)C1CC1. The summed E-state index contributed by atoms with van der Waals surface area (Å²) < 4.78 is 0. The highest BCUT2D eigenvalue weighted by Crippen LogP contribution is 2.32. The molecule has 2 aromatic rings. The summed E-state index contributed by atoms with van der Waals surface area (Å²) in [4.78, 5) is 4.65. The van der Waals surface area contributed by atoms with Crippen LogP contribution in [0.2, 0.25) is 0 Å². The highest BCUT2D eigenvalue weighted by Gasteiger charge is 2.28. The predicted octanol–water partition coefficient (Wildman–Crippen LogP) is 2.51. The van der Waals surface area contributed by atoms with Crippen molar-refractivity contribution in [3.8, 4) is 0 Å². The minimum absolute atomic E-state index is 0.300. The number of benzene rings is 1. The van der Waals surface area contributed by atoms with Crippen LogP contribution in [0.25, 0.3) is 10.9 Å². The van der Waals surface area contributed by atoms with Crippen LogP contribution in [0, 0.1) is 5.92 Å². The van der Waals surface area contributed by atoms with Gasteiger partial charge in [0, 0.05) is 23.5 Å². The Morgan fingerprint density at radius 2 is 2.00 bits per heavy atom. The largest absolute Gasteiger partial charge is 0.327 e. The number of nitrogens with two attached hydrogens (primary N) is 1. The summed E-state index contributed by atoms with van der Waals surface area (Å²) >= 11 is 0. The molecule has 0 spiro atoms. The third-order valence-corrected chi connectivity index (χ3v) is 3.33. The van der Waals surface area contributed by atoms with Crippen LogP contribution in [0.1, 0.15) is 18.5 Å². The molecule has 0 bridgehead atoms. The van der Waals surface area contributed by atoms with Crippen LogP contribution in [0.5, 0.6) is 0 Å². The quantitative estimate of drug-likeness (QED) is 0.849. The fourth-order valence-electron chi connectivity index (χ4n) is 2.15. The molecular formula is C14H16N2. The van der Waals surface area contributed by atoms with Crippen LogP contribution in [-0.4, -0.2) is 11.0 Å². The number of fused-ring (bicyclic) bond motifs is 1. The van der Waals surface area contributed by atoms with E-state index in [4.69, 9.17) is 5.73 Å². The van der Waals surface area contributed by atoms with Gasteiger partial charge in [0.15, 0.2) is 0 Å². The number of para-hydroxylation sites is 1. The van der Waals surface area contributed by atoms with Crippen molar-refractivity contribution in [1.82, 2.24) is 4.98 Å². The topological polar surface area (TPSA) is 38.9 Å². The summed E-state index contributed by atoms with van der Waals surface area (Å²) in [5.74, 6) is 0.744. The Kier molecular flexibility index (Phi) is 2.37. The molecule has 1 aliphatic carbocycles. The van der Waals surface area contributed by atoms with Gasteiger partial charge >= 0.3 is 0 Å². The molecule has 82 valence electrons. The van der Waals surface area contributed by atoms with E-state index in [-0.39, 0.29) is 0 Å². The van der Waals surface area contributed by atoms with Crippen LogP contribution < -0.4 is 5.73 Å². The molecule has 1 aromatic carbocycles. The Morgan fingerprint density at radius 3 is 2.81 bits per heavy atom. The first-order chi connectivity index (χ1) is 7.83. The van der Waals surface area contributed by atoms with Crippen LogP contribution >= 0.6 is 0 Å². The first kappa shape index (κ1) is 9.79. The lowest BCUT2D eigenvalue weighted by molar-refractivity contribution is 0.585. The number of pyridine rings is 1. The molecule has 1 unspecified atom stereocenters. The van der Waals surface area contributed by atoms with Crippen LogP contribution in [0.3, 0.4) is 0 Å². The summed E-state index contributed by atoms with van der Waals surface area (Å²) in [6.07, 6.45) is 3.51. The Hall–Kier alpha value is -1.41. The Bertz CT molecular complexity index is 503. The van der Waals surface area contributed by atoms with Gasteiger partial charge in [0.1, 0.15) is 0 Å². The molecule has 2 nitrogen and oxygen atoms in total. The molecule has 1 aliphatic rings. The van der Waals surface area contributed by atoms with Gasteiger partial charge in [-0.1, -0.05) is 24.3 Å². The van der Waals surface area contributed by atoms with Crippen LogP contribution in [0.15, 0.2) is 36.4 Å². The summed E-state index contributed by atoms with van der Waals surface area (Å²) in [6, 6.07) is 12.8. The van der Waals surface area contributed by atoms with E-state index >= 15 is 0 Å². The van der Waals surface area contributed by atoms with E-state index in [0.29, 0.717) is 6.04 Å². The number of rotatable bonds is 3. The van der Waals surface area contributed by atoms with Crippen molar-refractivity contribution >= 4 is 10.9 Å². The average molecular weight is 212 g/mol. The van der Waals surface area contributed by atoms with Crippen LogP contribution in [0.4, 0.5) is 0 Å². The molecule has 1 fully saturated rings. The lowest BCUT2D eigenvalue weighted by Gasteiger charge is -2.09. The standard InChI is InChI=1S/C14H16N2/c15-13(10-5-6-10)9-12-8-7-11-3-1-2-4-14(11)16-12/h1-4,7-8,10,13H,5-6,9,15H2. The molecule has 0 aliphatic heterocycles. The lowest BCUT2D eigenvalue weighted by Crippen LogP contribution is -2.25. The summed E-state index contributed by atoms with van der Waals surface area (Å²) in [6.45, 7) is 0. The highest BCUT2D eigenvalue weighted by atomic mass is 14.7. The first-order valence-corrected chi connectivity index (χ1v) is 5.93. The Balaban J connectivity index is 1.86. The molecule has 3 rings (SSSR count). The average Bonchev–Trinajstić information content (AvgIpc) is 3.12. The molecule has 1 heterocycles. The molecule has 2 N–H and O–H groups in total. The van der Waals surface area contributed by atoms with E-state index < -0.39 is 0 Å². The van der Waals surface area contributed by atoms with Gasteiger partial charge in [-0.25, -0.2) is 0 Å². The van der Waals surface area contributed by atoms with Gasteiger partial charge in [-0.15, -0.1) is 0 Å². The number of nitrogens with zero attached hydrogens (tertiary/aromatic N) is 1. The first-order valence-electron chi connectivity index (χ1n) is 5.93. The molecule has 0 amide bonds. The summed E-state index contributed by atoms with van der Waals surface area (Å²) in [5, 5.41) is 1.20. The van der Waals surface area contributed by atoms with Gasteiger partial charge in [0.2, 0.25) is 0 Å². The van der Waals surface area contributed by atoms with Gasteiger partial charge in [0.05, 0.1) is 5.52 Å².